The van der Waals surface area contributed by atoms with Gasteiger partial charge < -0.3 is 10.2 Å². The number of ketones is 1. The summed E-state index contributed by atoms with van der Waals surface area (Å²) in [4.78, 5) is 27.0. The van der Waals surface area contributed by atoms with Gasteiger partial charge in [-0.25, -0.2) is 0 Å². The number of rotatable bonds is 7. The first-order valence-corrected chi connectivity index (χ1v) is 10.0. The van der Waals surface area contributed by atoms with Gasteiger partial charge in [0, 0.05) is 18.7 Å². The molecule has 2 atom stereocenters. The SMILES string of the molecule is O=C(C[C@H](/C=C/C(=O)N1CCc2ccccc21)CC1CCC1)[C@@H]1CCN1. The summed E-state index contributed by atoms with van der Waals surface area (Å²) in [6.45, 7) is 1.70. The van der Waals surface area contributed by atoms with Crippen LogP contribution < -0.4 is 10.2 Å². The van der Waals surface area contributed by atoms with Crippen LogP contribution in [0.2, 0.25) is 0 Å². The highest BCUT2D eigenvalue weighted by Crippen LogP contribution is 2.34. The smallest absolute Gasteiger partial charge is 0.250 e. The molecule has 1 saturated heterocycles. The van der Waals surface area contributed by atoms with Gasteiger partial charge in [0.2, 0.25) is 0 Å². The molecule has 1 saturated carbocycles. The Morgan fingerprint density at radius 1 is 1.23 bits per heavy atom. The fourth-order valence-corrected chi connectivity index (χ4v) is 4.23. The van der Waals surface area contributed by atoms with E-state index in [0.29, 0.717) is 12.2 Å². The average molecular weight is 352 g/mol. The maximum absolute atomic E-state index is 12.7. The molecule has 4 heteroatoms. The minimum atomic E-state index is 0.0442. The van der Waals surface area contributed by atoms with Crippen LogP contribution in [0.5, 0.6) is 0 Å². The Labute approximate surface area is 155 Å². The average Bonchev–Trinajstić information content (AvgIpc) is 2.97. The Hall–Kier alpha value is -1.94. The zero-order valence-corrected chi connectivity index (χ0v) is 15.3. The van der Waals surface area contributed by atoms with Gasteiger partial charge in [0.1, 0.15) is 5.78 Å². The second-order valence-corrected chi connectivity index (χ2v) is 7.99. The van der Waals surface area contributed by atoms with Crippen molar-refractivity contribution in [3.63, 3.8) is 0 Å². The van der Waals surface area contributed by atoms with Crippen LogP contribution in [0.25, 0.3) is 0 Å². The van der Waals surface area contributed by atoms with E-state index in [9.17, 15) is 9.59 Å². The highest BCUT2D eigenvalue weighted by molar-refractivity contribution is 6.02. The number of benzene rings is 1. The van der Waals surface area contributed by atoms with Crippen molar-refractivity contribution in [1.82, 2.24) is 5.32 Å². The largest absolute Gasteiger partial charge is 0.308 e. The number of carbonyl (C=O) groups excluding carboxylic acids is 2. The molecule has 1 aromatic rings. The van der Waals surface area contributed by atoms with Gasteiger partial charge >= 0.3 is 0 Å². The predicted molar refractivity (Wildman–Crippen MR) is 103 cm³/mol. The van der Waals surface area contributed by atoms with E-state index < -0.39 is 0 Å². The summed E-state index contributed by atoms with van der Waals surface area (Å²) in [6.07, 6.45) is 11.1. The number of hydrogen-bond donors (Lipinski definition) is 1. The number of fused-ring (bicyclic) bond motifs is 1. The lowest BCUT2D eigenvalue weighted by Gasteiger charge is -2.31. The minimum Gasteiger partial charge on any atom is -0.308 e. The molecule has 2 aliphatic heterocycles. The van der Waals surface area contributed by atoms with Crippen LogP contribution in [0.1, 0.15) is 44.1 Å². The number of amides is 1. The van der Waals surface area contributed by atoms with Gasteiger partial charge in [0.25, 0.3) is 5.91 Å². The number of anilines is 1. The number of para-hydroxylation sites is 1. The number of carbonyl (C=O) groups is 2. The monoisotopic (exact) mass is 352 g/mol. The first-order chi connectivity index (χ1) is 12.7. The van der Waals surface area contributed by atoms with Gasteiger partial charge in [-0.2, -0.15) is 0 Å². The van der Waals surface area contributed by atoms with Crippen LogP contribution in [0.4, 0.5) is 5.69 Å². The number of hydrogen-bond acceptors (Lipinski definition) is 3. The summed E-state index contributed by atoms with van der Waals surface area (Å²) >= 11 is 0. The Bertz CT molecular complexity index is 704. The molecule has 3 aliphatic rings. The molecule has 2 heterocycles. The van der Waals surface area contributed by atoms with E-state index in [1.807, 2.05) is 29.2 Å². The third-order valence-electron chi connectivity index (χ3n) is 6.20. The first-order valence-electron chi connectivity index (χ1n) is 10.0. The zero-order valence-electron chi connectivity index (χ0n) is 15.3. The van der Waals surface area contributed by atoms with E-state index in [-0.39, 0.29) is 17.9 Å². The molecule has 1 N–H and O–H groups in total. The van der Waals surface area contributed by atoms with Gasteiger partial charge in [0.05, 0.1) is 6.04 Å². The van der Waals surface area contributed by atoms with Crippen molar-refractivity contribution in [2.24, 2.45) is 11.8 Å². The van der Waals surface area contributed by atoms with Gasteiger partial charge in [0.15, 0.2) is 0 Å². The molecular formula is C22H28N2O2. The topological polar surface area (TPSA) is 49.4 Å². The Morgan fingerprint density at radius 2 is 2.04 bits per heavy atom. The van der Waals surface area contributed by atoms with Crippen molar-refractivity contribution in [1.29, 1.82) is 0 Å². The first kappa shape index (κ1) is 17.5. The fourth-order valence-electron chi connectivity index (χ4n) is 4.23. The predicted octanol–water partition coefficient (Wildman–Crippen LogP) is 3.26. The second-order valence-electron chi connectivity index (χ2n) is 7.99. The maximum Gasteiger partial charge on any atom is 0.250 e. The molecule has 0 bridgehead atoms. The van der Waals surface area contributed by atoms with Crippen molar-refractivity contribution >= 4 is 17.4 Å². The lowest BCUT2D eigenvalue weighted by atomic mass is 9.77. The Morgan fingerprint density at radius 3 is 2.73 bits per heavy atom. The fraction of sp³-hybridized carbons (Fsp3) is 0.545. The van der Waals surface area contributed by atoms with Crippen molar-refractivity contribution in [2.45, 2.75) is 51.0 Å². The van der Waals surface area contributed by atoms with E-state index in [0.717, 1.165) is 44.0 Å². The molecule has 0 radical (unpaired) electrons. The molecular weight excluding hydrogens is 324 g/mol. The molecule has 0 unspecified atom stereocenters. The van der Waals surface area contributed by atoms with Crippen molar-refractivity contribution in [2.75, 3.05) is 18.0 Å². The lowest BCUT2D eigenvalue weighted by molar-refractivity contribution is -0.123. The van der Waals surface area contributed by atoms with Crippen LogP contribution in [0.15, 0.2) is 36.4 Å². The highest BCUT2D eigenvalue weighted by atomic mass is 16.2. The number of allylic oxidation sites excluding steroid dienone is 1. The molecule has 138 valence electrons. The van der Waals surface area contributed by atoms with Crippen LogP contribution >= 0.6 is 0 Å². The number of nitrogens with one attached hydrogen (secondary N) is 1. The molecule has 4 rings (SSSR count). The Kier molecular flexibility index (Phi) is 5.21. The summed E-state index contributed by atoms with van der Waals surface area (Å²) in [6, 6.07) is 8.17. The number of Topliss-reactive ketones (excluding diaryl/α,β-unsaturated/α-hetero) is 1. The molecule has 2 fully saturated rings. The summed E-state index contributed by atoms with van der Waals surface area (Å²) in [5, 5.41) is 3.20. The second kappa shape index (κ2) is 7.75. The quantitative estimate of drug-likeness (QED) is 0.766. The van der Waals surface area contributed by atoms with Gasteiger partial charge in [-0.1, -0.05) is 43.5 Å². The maximum atomic E-state index is 12.7. The van der Waals surface area contributed by atoms with Crippen molar-refractivity contribution in [3.8, 4) is 0 Å². The van der Waals surface area contributed by atoms with Crippen molar-refractivity contribution in [3.05, 3.63) is 42.0 Å². The number of nitrogens with zero attached hydrogens (tertiary/aromatic N) is 1. The van der Waals surface area contributed by atoms with E-state index >= 15 is 0 Å². The van der Waals surface area contributed by atoms with Gasteiger partial charge in [-0.3, -0.25) is 9.59 Å². The normalized spacial score (nSPS) is 23.4. The van der Waals surface area contributed by atoms with Gasteiger partial charge in [-0.05, 0) is 55.3 Å². The van der Waals surface area contributed by atoms with Crippen molar-refractivity contribution < 1.29 is 9.59 Å². The van der Waals surface area contributed by atoms with Crippen LogP contribution in [-0.2, 0) is 16.0 Å². The van der Waals surface area contributed by atoms with E-state index in [2.05, 4.69) is 11.4 Å². The summed E-state index contributed by atoms with van der Waals surface area (Å²) in [5.41, 5.74) is 2.28. The van der Waals surface area contributed by atoms with E-state index in [4.69, 9.17) is 0 Å². The van der Waals surface area contributed by atoms with Crippen LogP contribution in [0.3, 0.4) is 0 Å². The Balaban J connectivity index is 1.40. The molecule has 4 nitrogen and oxygen atoms in total. The van der Waals surface area contributed by atoms with Crippen LogP contribution in [-0.4, -0.2) is 30.8 Å². The van der Waals surface area contributed by atoms with Crippen LogP contribution in [0, 0.1) is 11.8 Å². The standard InChI is InChI=1S/C22H28N2O2/c25-21(19-10-12-23-19)15-17(14-16-4-3-5-16)8-9-22(26)24-13-11-18-6-1-2-7-20(18)24/h1-2,6-9,16-17,19,23H,3-5,10-15H2/b9-8+/t17-,19+/m1/s1. The summed E-state index contributed by atoms with van der Waals surface area (Å²) in [7, 11) is 0. The molecule has 26 heavy (non-hydrogen) atoms. The molecule has 1 aromatic carbocycles. The third kappa shape index (κ3) is 3.75. The zero-order chi connectivity index (χ0) is 17.9. The summed E-state index contributed by atoms with van der Waals surface area (Å²) < 4.78 is 0. The molecule has 1 aliphatic carbocycles. The summed E-state index contributed by atoms with van der Waals surface area (Å²) in [5.74, 6) is 1.28. The highest BCUT2D eigenvalue weighted by Gasteiger charge is 2.29. The van der Waals surface area contributed by atoms with E-state index in [1.54, 1.807) is 6.08 Å². The molecule has 0 aromatic heterocycles. The molecule has 1 amide bonds. The van der Waals surface area contributed by atoms with Gasteiger partial charge in [-0.15, -0.1) is 0 Å². The van der Waals surface area contributed by atoms with E-state index in [1.165, 1.54) is 24.8 Å². The third-order valence-corrected chi connectivity index (χ3v) is 6.20. The molecule has 0 spiro atoms. The lowest BCUT2D eigenvalue weighted by Crippen LogP contribution is -2.48. The minimum absolute atomic E-state index is 0.0442.